The SMILES string of the molecule is CCN1CCC(NCCCC(C)(C)CO)C(C)C1. The molecule has 3 nitrogen and oxygen atoms in total. The molecule has 1 aliphatic rings. The van der Waals surface area contributed by atoms with E-state index in [9.17, 15) is 5.11 Å². The Hall–Kier alpha value is -0.120. The van der Waals surface area contributed by atoms with Gasteiger partial charge in [-0.2, -0.15) is 0 Å². The van der Waals surface area contributed by atoms with Crippen molar-refractivity contribution in [2.24, 2.45) is 11.3 Å². The van der Waals surface area contributed by atoms with Gasteiger partial charge in [0.1, 0.15) is 0 Å². The van der Waals surface area contributed by atoms with Crippen LogP contribution in [0.2, 0.25) is 0 Å². The highest BCUT2D eigenvalue weighted by atomic mass is 16.3. The molecular formula is C15H32N2O. The van der Waals surface area contributed by atoms with Gasteiger partial charge in [-0.3, -0.25) is 0 Å². The van der Waals surface area contributed by atoms with Gasteiger partial charge in [0.25, 0.3) is 0 Å². The van der Waals surface area contributed by atoms with Crippen LogP contribution in [0.25, 0.3) is 0 Å². The van der Waals surface area contributed by atoms with E-state index in [1.54, 1.807) is 0 Å². The van der Waals surface area contributed by atoms with Crippen LogP contribution in [0.1, 0.15) is 47.0 Å². The minimum absolute atomic E-state index is 0.0822. The third kappa shape index (κ3) is 5.25. The summed E-state index contributed by atoms with van der Waals surface area (Å²) in [7, 11) is 0. The summed E-state index contributed by atoms with van der Waals surface area (Å²) in [5, 5.41) is 12.9. The van der Waals surface area contributed by atoms with E-state index in [2.05, 4.69) is 37.9 Å². The molecule has 1 rings (SSSR count). The number of likely N-dealkylation sites (tertiary alicyclic amines) is 1. The van der Waals surface area contributed by atoms with E-state index in [0.717, 1.165) is 25.3 Å². The Morgan fingerprint density at radius 2 is 2.11 bits per heavy atom. The minimum atomic E-state index is 0.0822. The van der Waals surface area contributed by atoms with Gasteiger partial charge in [0.2, 0.25) is 0 Å². The largest absolute Gasteiger partial charge is 0.396 e. The average Bonchev–Trinajstić information content (AvgIpc) is 2.36. The minimum Gasteiger partial charge on any atom is -0.396 e. The number of hydrogen-bond acceptors (Lipinski definition) is 3. The fourth-order valence-corrected chi connectivity index (χ4v) is 2.76. The molecule has 0 spiro atoms. The predicted molar refractivity (Wildman–Crippen MR) is 77.8 cm³/mol. The van der Waals surface area contributed by atoms with Crippen molar-refractivity contribution in [1.29, 1.82) is 0 Å². The average molecular weight is 256 g/mol. The van der Waals surface area contributed by atoms with Crippen molar-refractivity contribution >= 4 is 0 Å². The monoisotopic (exact) mass is 256 g/mol. The maximum atomic E-state index is 9.21. The third-order valence-electron chi connectivity index (χ3n) is 4.30. The molecule has 0 amide bonds. The smallest absolute Gasteiger partial charge is 0.0482 e. The summed E-state index contributed by atoms with van der Waals surface area (Å²) >= 11 is 0. The number of piperidine rings is 1. The summed E-state index contributed by atoms with van der Waals surface area (Å²) in [5.41, 5.74) is 0.0822. The van der Waals surface area contributed by atoms with Gasteiger partial charge < -0.3 is 15.3 Å². The lowest BCUT2D eigenvalue weighted by Crippen LogP contribution is -2.48. The topological polar surface area (TPSA) is 35.5 Å². The molecule has 1 aliphatic heterocycles. The summed E-state index contributed by atoms with van der Waals surface area (Å²) < 4.78 is 0. The van der Waals surface area contributed by atoms with E-state index in [1.165, 1.54) is 26.1 Å². The maximum absolute atomic E-state index is 9.21. The molecule has 1 saturated heterocycles. The maximum Gasteiger partial charge on any atom is 0.0482 e. The lowest BCUT2D eigenvalue weighted by molar-refractivity contribution is 0.139. The van der Waals surface area contributed by atoms with Crippen molar-refractivity contribution in [3.63, 3.8) is 0 Å². The Bertz CT molecular complexity index is 231. The molecule has 0 aromatic carbocycles. The van der Waals surface area contributed by atoms with Gasteiger partial charge >= 0.3 is 0 Å². The summed E-state index contributed by atoms with van der Waals surface area (Å²) in [5.74, 6) is 0.754. The van der Waals surface area contributed by atoms with Crippen LogP contribution in [-0.2, 0) is 0 Å². The van der Waals surface area contributed by atoms with E-state index in [-0.39, 0.29) is 12.0 Å². The second-order valence-corrected chi connectivity index (χ2v) is 6.65. The molecule has 0 aliphatic carbocycles. The van der Waals surface area contributed by atoms with Gasteiger partial charge in [-0.15, -0.1) is 0 Å². The summed E-state index contributed by atoms with van der Waals surface area (Å²) in [6.45, 7) is 13.9. The fraction of sp³-hybridized carbons (Fsp3) is 1.00. The standard InChI is InChI=1S/C15H32N2O/c1-5-17-10-7-14(13(2)11-17)16-9-6-8-15(3,4)12-18/h13-14,16,18H,5-12H2,1-4H3. The van der Waals surface area contributed by atoms with Crippen molar-refractivity contribution in [1.82, 2.24) is 10.2 Å². The van der Waals surface area contributed by atoms with Gasteiger partial charge in [-0.1, -0.05) is 27.7 Å². The van der Waals surface area contributed by atoms with Crippen LogP contribution in [0.3, 0.4) is 0 Å². The van der Waals surface area contributed by atoms with E-state index in [1.807, 2.05) is 0 Å². The highest BCUT2D eigenvalue weighted by molar-refractivity contribution is 4.82. The van der Waals surface area contributed by atoms with Crippen LogP contribution < -0.4 is 5.32 Å². The van der Waals surface area contributed by atoms with Gasteiger partial charge in [0.05, 0.1) is 0 Å². The first-order valence-electron chi connectivity index (χ1n) is 7.55. The molecule has 0 aromatic heterocycles. The Kier molecular flexibility index (Phi) is 6.61. The molecule has 18 heavy (non-hydrogen) atoms. The zero-order valence-corrected chi connectivity index (χ0v) is 12.7. The van der Waals surface area contributed by atoms with E-state index in [4.69, 9.17) is 0 Å². The highest BCUT2D eigenvalue weighted by Gasteiger charge is 2.24. The lowest BCUT2D eigenvalue weighted by Gasteiger charge is -2.37. The second-order valence-electron chi connectivity index (χ2n) is 6.65. The van der Waals surface area contributed by atoms with Gasteiger partial charge in [-0.25, -0.2) is 0 Å². The Morgan fingerprint density at radius 1 is 1.39 bits per heavy atom. The van der Waals surface area contributed by atoms with Crippen molar-refractivity contribution in [2.45, 2.75) is 53.0 Å². The van der Waals surface area contributed by atoms with Crippen LogP contribution in [0.4, 0.5) is 0 Å². The van der Waals surface area contributed by atoms with Gasteiger partial charge in [0.15, 0.2) is 0 Å². The number of rotatable bonds is 7. The summed E-state index contributed by atoms with van der Waals surface area (Å²) in [6, 6.07) is 0.685. The molecule has 0 saturated carbocycles. The van der Waals surface area contributed by atoms with Gasteiger partial charge in [0, 0.05) is 19.2 Å². The summed E-state index contributed by atoms with van der Waals surface area (Å²) in [6.07, 6.45) is 3.53. The van der Waals surface area contributed by atoms with E-state index >= 15 is 0 Å². The van der Waals surface area contributed by atoms with Crippen LogP contribution in [-0.4, -0.2) is 48.8 Å². The normalized spacial score (nSPS) is 26.5. The fourth-order valence-electron chi connectivity index (χ4n) is 2.76. The zero-order chi connectivity index (χ0) is 13.6. The second kappa shape index (κ2) is 7.46. The number of nitrogens with zero attached hydrogens (tertiary/aromatic N) is 1. The van der Waals surface area contributed by atoms with Gasteiger partial charge in [-0.05, 0) is 50.2 Å². The molecule has 2 atom stereocenters. The van der Waals surface area contributed by atoms with Crippen molar-refractivity contribution in [3.05, 3.63) is 0 Å². The molecule has 0 bridgehead atoms. The van der Waals surface area contributed by atoms with Crippen LogP contribution in [0.15, 0.2) is 0 Å². The molecule has 2 unspecified atom stereocenters. The van der Waals surface area contributed by atoms with E-state index in [0.29, 0.717) is 6.04 Å². The number of hydrogen-bond donors (Lipinski definition) is 2. The Balaban J connectivity index is 2.16. The number of nitrogens with one attached hydrogen (secondary N) is 1. The lowest BCUT2D eigenvalue weighted by atomic mass is 9.88. The molecule has 1 heterocycles. The molecule has 0 aromatic rings. The van der Waals surface area contributed by atoms with Crippen LogP contribution in [0.5, 0.6) is 0 Å². The third-order valence-corrected chi connectivity index (χ3v) is 4.30. The zero-order valence-electron chi connectivity index (χ0n) is 12.7. The molecule has 3 heteroatoms. The predicted octanol–water partition coefficient (Wildman–Crippen LogP) is 2.10. The number of aliphatic hydroxyl groups excluding tert-OH is 1. The first-order valence-corrected chi connectivity index (χ1v) is 7.55. The first kappa shape index (κ1) is 15.9. The Morgan fingerprint density at radius 3 is 2.67 bits per heavy atom. The number of aliphatic hydroxyl groups is 1. The molecule has 2 N–H and O–H groups in total. The molecular weight excluding hydrogens is 224 g/mol. The highest BCUT2D eigenvalue weighted by Crippen LogP contribution is 2.21. The summed E-state index contributed by atoms with van der Waals surface area (Å²) in [4.78, 5) is 2.54. The van der Waals surface area contributed by atoms with Crippen molar-refractivity contribution in [3.8, 4) is 0 Å². The molecule has 108 valence electrons. The van der Waals surface area contributed by atoms with Crippen LogP contribution >= 0.6 is 0 Å². The van der Waals surface area contributed by atoms with E-state index < -0.39 is 0 Å². The molecule has 1 fully saturated rings. The van der Waals surface area contributed by atoms with Crippen molar-refractivity contribution < 1.29 is 5.11 Å². The quantitative estimate of drug-likeness (QED) is 0.685. The Labute approximate surface area is 113 Å². The molecule has 0 radical (unpaired) electrons. The van der Waals surface area contributed by atoms with Crippen molar-refractivity contribution in [2.75, 3.05) is 32.8 Å². The van der Waals surface area contributed by atoms with Crippen LogP contribution in [0, 0.1) is 11.3 Å². The first-order chi connectivity index (χ1) is 8.48.